The molecule has 0 radical (unpaired) electrons. The Morgan fingerprint density at radius 2 is 1.85 bits per heavy atom. The summed E-state index contributed by atoms with van der Waals surface area (Å²) in [4.78, 5) is 2.45. The van der Waals surface area contributed by atoms with Gasteiger partial charge in [0.2, 0.25) is 0 Å². The van der Waals surface area contributed by atoms with E-state index in [-0.39, 0.29) is 0 Å². The first-order valence-electron chi connectivity index (χ1n) is 6.95. The summed E-state index contributed by atoms with van der Waals surface area (Å²) < 4.78 is 3.10. The van der Waals surface area contributed by atoms with Crippen LogP contribution in [-0.4, -0.2) is 20.7 Å². The van der Waals surface area contributed by atoms with Gasteiger partial charge < -0.3 is 0 Å². The second-order valence-corrected chi connectivity index (χ2v) is 6.25. The third-order valence-electron chi connectivity index (χ3n) is 3.57. The van der Waals surface area contributed by atoms with Crippen molar-refractivity contribution in [3.63, 3.8) is 0 Å². The number of rotatable bonds is 5. The molecule has 2 aromatic rings. The normalized spacial score (nSPS) is 11.6. The van der Waals surface area contributed by atoms with Gasteiger partial charge in [-0.2, -0.15) is 5.10 Å². The van der Waals surface area contributed by atoms with Crippen LogP contribution in [0.3, 0.4) is 0 Å². The van der Waals surface area contributed by atoms with Crippen LogP contribution < -0.4 is 0 Å². The van der Waals surface area contributed by atoms with Crippen LogP contribution in [0.25, 0.3) is 0 Å². The van der Waals surface area contributed by atoms with Gasteiger partial charge in [0.15, 0.2) is 0 Å². The van der Waals surface area contributed by atoms with Gasteiger partial charge in [0.1, 0.15) is 0 Å². The first-order chi connectivity index (χ1) is 9.49. The minimum absolute atomic E-state index is 0.484. The van der Waals surface area contributed by atoms with Crippen LogP contribution in [0.15, 0.2) is 34.8 Å². The maximum Gasteiger partial charge on any atom is 0.0739 e. The highest BCUT2D eigenvalue weighted by Crippen LogP contribution is 2.23. The Kier molecular flexibility index (Phi) is 5.00. The Bertz CT molecular complexity index is 561. The van der Waals surface area contributed by atoms with E-state index in [9.17, 15) is 0 Å². The minimum Gasteiger partial charge on any atom is -0.291 e. The second-order valence-electron chi connectivity index (χ2n) is 5.45. The van der Waals surface area contributed by atoms with Gasteiger partial charge in [0.25, 0.3) is 0 Å². The van der Waals surface area contributed by atoms with Crippen molar-refractivity contribution >= 4 is 15.9 Å². The lowest BCUT2D eigenvalue weighted by Gasteiger charge is -2.26. The van der Waals surface area contributed by atoms with Crippen LogP contribution >= 0.6 is 15.9 Å². The Labute approximate surface area is 129 Å². The standard InChI is InChI=1S/C16H22BrN3/c1-12(2)20(10-14-8-6-5-7-9-14)11-15-16(17)13(3)18-19(15)4/h5-9,12H,10-11H2,1-4H3. The molecule has 3 nitrogen and oxygen atoms in total. The quantitative estimate of drug-likeness (QED) is 0.826. The molecule has 1 aromatic carbocycles. The van der Waals surface area contributed by atoms with E-state index < -0.39 is 0 Å². The summed E-state index contributed by atoms with van der Waals surface area (Å²) in [5.74, 6) is 0. The molecular weight excluding hydrogens is 314 g/mol. The fraction of sp³-hybridized carbons (Fsp3) is 0.438. The molecule has 0 aliphatic carbocycles. The first-order valence-corrected chi connectivity index (χ1v) is 7.74. The predicted octanol–water partition coefficient (Wildman–Crippen LogP) is 3.90. The van der Waals surface area contributed by atoms with E-state index in [0.29, 0.717) is 6.04 Å². The molecule has 0 spiro atoms. The van der Waals surface area contributed by atoms with E-state index in [0.717, 1.165) is 23.3 Å². The number of aryl methyl sites for hydroxylation is 2. The molecule has 0 fully saturated rings. The van der Waals surface area contributed by atoms with Gasteiger partial charge in [0.05, 0.1) is 15.9 Å². The first kappa shape index (κ1) is 15.3. The summed E-state index contributed by atoms with van der Waals surface area (Å²) in [6, 6.07) is 11.1. The van der Waals surface area contributed by atoms with Gasteiger partial charge in [-0.15, -0.1) is 0 Å². The SMILES string of the molecule is Cc1nn(C)c(CN(Cc2ccccc2)C(C)C)c1Br. The average molecular weight is 336 g/mol. The molecule has 0 saturated carbocycles. The van der Waals surface area contributed by atoms with E-state index in [1.807, 2.05) is 18.7 Å². The number of aromatic nitrogens is 2. The molecule has 20 heavy (non-hydrogen) atoms. The highest BCUT2D eigenvalue weighted by Gasteiger charge is 2.17. The predicted molar refractivity (Wildman–Crippen MR) is 86.5 cm³/mol. The molecule has 0 atom stereocenters. The fourth-order valence-electron chi connectivity index (χ4n) is 2.28. The van der Waals surface area contributed by atoms with Gasteiger partial charge >= 0.3 is 0 Å². The smallest absolute Gasteiger partial charge is 0.0739 e. The topological polar surface area (TPSA) is 21.1 Å². The lowest BCUT2D eigenvalue weighted by atomic mass is 10.2. The summed E-state index contributed by atoms with van der Waals surface area (Å²) in [6.45, 7) is 8.35. The van der Waals surface area contributed by atoms with E-state index in [2.05, 4.69) is 70.1 Å². The van der Waals surface area contributed by atoms with Crippen molar-refractivity contribution in [2.75, 3.05) is 0 Å². The highest BCUT2D eigenvalue weighted by atomic mass is 79.9. The largest absolute Gasteiger partial charge is 0.291 e. The maximum atomic E-state index is 4.47. The molecule has 0 bridgehead atoms. The zero-order chi connectivity index (χ0) is 14.7. The molecule has 4 heteroatoms. The average Bonchev–Trinajstić information content (AvgIpc) is 2.65. The van der Waals surface area contributed by atoms with Crippen LogP contribution in [-0.2, 0) is 20.1 Å². The number of hydrogen-bond donors (Lipinski definition) is 0. The Morgan fingerprint density at radius 3 is 2.35 bits per heavy atom. The van der Waals surface area contributed by atoms with Crippen molar-refractivity contribution in [3.8, 4) is 0 Å². The van der Waals surface area contributed by atoms with Crippen LogP contribution in [0.1, 0.15) is 30.8 Å². The van der Waals surface area contributed by atoms with Crippen LogP contribution in [0.5, 0.6) is 0 Å². The molecular formula is C16H22BrN3. The van der Waals surface area contributed by atoms with Gasteiger partial charge in [-0.1, -0.05) is 30.3 Å². The molecule has 0 unspecified atom stereocenters. The zero-order valence-corrected chi connectivity index (χ0v) is 14.2. The lowest BCUT2D eigenvalue weighted by Crippen LogP contribution is -2.30. The van der Waals surface area contributed by atoms with Gasteiger partial charge in [-0.3, -0.25) is 9.58 Å². The minimum atomic E-state index is 0.484. The van der Waals surface area contributed by atoms with E-state index in [4.69, 9.17) is 0 Å². The molecule has 0 aliphatic rings. The molecule has 2 rings (SSSR count). The Hall–Kier alpha value is -1.13. The highest BCUT2D eigenvalue weighted by molar-refractivity contribution is 9.10. The van der Waals surface area contributed by atoms with Crippen molar-refractivity contribution in [2.24, 2.45) is 7.05 Å². The van der Waals surface area contributed by atoms with Crippen LogP contribution in [0.4, 0.5) is 0 Å². The number of benzene rings is 1. The van der Waals surface area contributed by atoms with Crippen LogP contribution in [0, 0.1) is 6.92 Å². The summed E-state index contributed by atoms with van der Waals surface area (Å²) in [7, 11) is 2.01. The molecule has 0 saturated heterocycles. The van der Waals surface area contributed by atoms with Gasteiger partial charge in [-0.25, -0.2) is 0 Å². The van der Waals surface area contributed by atoms with Crippen molar-refractivity contribution in [3.05, 3.63) is 51.8 Å². The third-order valence-corrected chi connectivity index (χ3v) is 4.60. The molecule has 0 N–H and O–H groups in total. The van der Waals surface area contributed by atoms with E-state index >= 15 is 0 Å². The third kappa shape index (κ3) is 3.49. The summed E-state index contributed by atoms with van der Waals surface area (Å²) >= 11 is 3.65. The monoisotopic (exact) mass is 335 g/mol. The van der Waals surface area contributed by atoms with E-state index in [1.54, 1.807) is 0 Å². The number of hydrogen-bond acceptors (Lipinski definition) is 2. The molecule has 1 heterocycles. The summed E-state index contributed by atoms with van der Waals surface area (Å²) in [6.07, 6.45) is 0. The fourth-order valence-corrected chi connectivity index (χ4v) is 2.74. The lowest BCUT2D eigenvalue weighted by molar-refractivity contribution is 0.198. The second kappa shape index (κ2) is 6.55. The van der Waals surface area contributed by atoms with Crippen molar-refractivity contribution in [1.29, 1.82) is 0 Å². The molecule has 0 amide bonds. The van der Waals surface area contributed by atoms with Crippen molar-refractivity contribution in [1.82, 2.24) is 14.7 Å². The Morgan fingerprint density at radius 1 is 1.20 bits per heavy atom. The molecule has 108 valence electrons. The maximum absolute atomic E-state index is 4.47. The van der Waals surface area contributed by atoms with Crippen molar-refractivity contribution < 1.29 is 0 Å². The number of halogens is 1. The summed E-state index contributed by atoms with van der Waals surface area (Å²) in [5.41, 5.74) is 3.62. The van der Waals surface area contributed by atoms with Crippen LogP contribution in [0.2, 0.25) is 0 Å². The Balaban J connectivity index is 2.18. The zero-order valence-electron chi connectivity index (χ0n) is 12.6. The molecule has 1 aromatic heterocycles. The van der Waals surface area contributed by atoms with Gasteiger partial charge in [0, 0.05) is 26.2 Å². The number of nitrogens with zero attached hydrogens (tertiary/aromatic N) is 3. The van der Waals surface area contributed by atoms with Gasteiger partial charge in [-0.05, 0) is 42.3 Å². The summed E-state index contributed by atoms with van der Waals surface area (Å²) in [5, 5.41) is 4.47. The van der Waals surface area contributed by atoms with E-state index in [1.165, 1.54) is 11.3 Å². The molecule has 0 aliphatic heterocycles. The van der Waals surface area contributed by atoms with Crippen molar-refractivity contribution in [2.45, 2.75) is 39.9 Å².